The van der Waals surface area contributed by atoms with Crippen molar-refractivity contribution in [2.75, 3.05) is 13.2 Å². The molecule has 1 aliphatic heterocycles. The summed E-state index contributed by atoms with van der Waals surface area (Å²) in [4.78, 5) is -0.387. The van der Waals surface area contributed by atoms with Crippen molar-refractivity contribution >= 4 is 46.4 Å². The van der Waals surface area contributed by atoms with Crippen molar-refractivity contribution in [1.82, 2.24) is 0 Å². The van der Waals surface area contributed by atoms with Gasteiger partial charge in [0.05, 0.1) is 6.61 Å². The van der Waals surface area contributed by atoms with Gasteiger partial charge in [0, 0.05) is 13.0 Å². The lowest BCUT2D eigenvalue weighted by Crippen LogP contribution is -2.08. The number of rotatable bonds is 5. The maximum atomic E-state index is 5.56. The number of halogens is 4. The van der Waals surface area contributed by atoms with Gasteiger partial charge in [-0.25, -0.2) is 0 Å². The summed E-state index contributed by atoms with van der Waals surface area (Å²) in [6.45, 7) is 0.870. The first-order valence-corrected chi connectivity index (χ1v) is 5.07. The maximum absolute atomic E-state index is 5.56. The zero-order valence-corrected chi connectivity index (χ0v) is 9.13. The largest absolute Gasteiger partial charge is 0.378 e. The number of ether oxygens (including phenoxy) is 2. The van der Waals surface area contributed by atoms with Gasteiger partial charge in [-0.1, -0.05) is 23.2 Å². The Balaban J connectivity index is 1.91. The second-order valence-electron chi connectivity index (χ2n) is 2.42. The number of epoxide rings is 1. The fourth-order valence-corrected chi connectivity index (χ4v) is 1.17. The molecular formula is C6H8Cl4O2. The molecule has 0 saturated carbocycles. The van der Waals surface area contributed by atoms with Crippen molar-refractivity contribution in [2.45, 2.75) is 21.9 Å². The van der Waals surface area contributed by atoms with Gasteiger partial charge in [-0.05, 0) is 0 Å². The molecule has 0 aromatic rings. The predicted molar refractivity (Wildman–Crippen MR) is 50.2 cm³/mol. The molecule has 1 unspecified atom stereocenters. The minimum Gasteiger partial charge on any atom is -0.378 e. The van der Waals surface area contributed by atoms with Gasteiger partial charge in [-0.15, -0.1) is 23.2 Å². The topological polar surface area (TPSA) is 21.8 Å². The Bertz CT molecular complexity index is 150. The van der Waals surface area contributed by atoms with Crippen molar-refractivity contribution in [3.8, 4) is 0 Å². The molecule has 0 aromatic heterocycles. The lowest BCUT2D eigenvalue weighted by atomic mass is 10.5. The molecule has 1 atom stereocenters. The van der Waals surface area contributed by atoms with Gasteiger partial charge in [0.1, 0.15) is 10.9 Å². The van der Waals surface area contributed by atoms with E-state index in [9.17, 15) is 0 Å². The molecule has 1 aliphatic rings. The van der Waals surface area contributed by atoms with Crippen LogP contribution >= 0.6 is 46.4 Å². The molecule has 2 nitrogen and oxygen atoms in total. The van der Waals surface area contributed by atoms with Crippen LogP contribution in [0.25, 0.3) is 0 Å². The van der Waals surface area contributed by atoms with Gasteiger partial charge >= 0.3 is 0 Å². The van der Waals surface area contributed by atoms with Crippen LogP contribution in [0.5, 0.6) is 0 Å². The Labute approximate surface area is 91.0 Å². The Morgan fingerprint density at radius 3 is 2.42 bits per heavy atom. The minimum atomic E-state index is -1.04. The van der Waals surface area contributed by atoms with Crippen molar-refractivity contribution in [3.63, 3.8) is 0 Å². The van der Waals surface area contributed by atoms with E-state index < -0.39 is 4.52 Å². The maximum Gasteiger partial charge on any atom is 0.247 e. The summed E-state index contributed by atoms with van der Waals surface area (Å²) >= 11 is 22.1. The smallest absolute Gasteiger partial charge is 0.247 e. The molecule has 1 saturated heterocycles. The fraction of sp³-hybridized carbons (Fsp3) is 1.00. The Kier molecular flexibility index (Phi) is 4.22. The van der Waals surface area contributed by atoms with Crippen molar-refractivity contribution in [2.24, 2.45) is 0 Å². The first kappa shape index (κ1) is 11.2. The third kappa shape index (κ3) is 3.86. The second-order valence-corrected chi connectivity index (χ2v) is 5.02. The summed E-state index contributed by atoms with van der Waals surface area (Å²) in [6, 6.07) is 0. The zero-order valence-electron chi connectivity index (χ0n) is 6.10. The van der Waals surface area contributed by atoms with E-state index in [0.29, 0.717) is 19.6 Å². The van der Waals surface area contributed by atoms with Crippen LogP contribution in [0.15, 0.2) is 0 Å². The molecule has 0 bridgehead atoms. The summed E-state index contributed by atoms with van der Waals surface area (Å²) < 4.78 is 8.95. The van der Waals surface area contributed by atoms with Crippen molar-refractivity contribution in [1.29, 1.82) is 0 Å². The van der Waals surface area contributed by atoms with E-state index in [1.807, 2.05) is 0 Å². The lowest BCUT2D eigenvalue weighted by Gasteiger charge is -2.01. The predicted octanol–water partition coefficient (Wildman–Crippen LogP) is 2.73. The van der Waals surface area contributed by atoms with Crippen LogP contribution in [0.3, 0.4) is 0 Å². The molecule has 12 heavy (non-hydrogen) atoms. The molecule has 1 fully saturated rings. The molecule has 0 aromatic carbocycles. The molecule has 0 N–H and O–H groups in total. The molecule has 0 radical (unpaired) electrons. The normalized spacial score (nSPS) is 26.2. The van der Waals surface area contributed by atoms with Gasteiger partial charge in [-0.2, -0.15) is 0 Å². The van der Waals surface area contributed by atoms with E-state index in [2.05, 4.69) is 0 Å². The fourth-order valence-electron chi connectivity index (χ4n) is 0.649. The van der Waals surface area contributed by atoms with Crippen molar-refractivity contribution in [3.05, 3.63) is 0 Å². The Morgan fingerprint density at radius 2 is 2.00 bits per heavy atom. The third-order valence-electron chi connectivity index (χ3n) is 1.37. The first-order chi connectivity index (χ1) is 5.52. The van der Waals surface area contributed by atoms with Gasteiger partial charge in [-0.3, -0.25) is 0 Å². The Hall–Kier alpha value is 1.08. The number of alkyl halides is 4. The zero-order chi connectivity index (χ0) is 9.19. The summed E-state index contributed by atoms with van der Waals surface area (Å²) in [5.41, 5.74) is 0. The summed E-state index contributed by atoms with van der Waals surface area (Å²) in [7, 11) is 0. The molecule has 1 rings (SSSR count). The van der Waals surface area contributed by atoms with Crippen LogP contribution in [-0.2, 0) is 9.47 Å². The first-order valence-electron chi connectivity index (χ1n) is 3.44. The van der Waals surface area contributed by atoms with Crippen LogP contribution in [0.1, 0.15) is 6.42 Å². The SMILES string of the molecule is ClC(Cl)CCOCC1OC1(Cl)Cl. The molecule has 0 spiro atoms. The van der Waals surface area contributed by atoms with Crippen LogP contribution in [0.2, 0.25) is 0 Å². The highest BCUT2D eigenvalue weighted by atomic mass is 35.5. The van der Waals surface area contributed by atoms with Crippen molar-refractivity contribution < 1.29 is 9.47 Å². The third-order valence-corrected chi connectivity index (χ3v) is 2.47. The highest BCUT2D eigenvalue weighted by Crippen LogP contribution is 2.44. The van der Waals surface area contributed by atoms with Gasteiger partial charge < -0.3 is 9.47 Å². The van der Waals surface area contributed by atoms with E-state index in [1.165, 1.54) is 0 Å². The molecule has 0 amide bonds. The number of hydrogen-bond acceptors (Lipinski definition) is 2. The average molecular weight is 254 g/mol. The number of hydrogen-bond donors (Lipinski definition) is 0. The van der Waals surface area contributed by atoms with Crippen LogP contribution in [0, 0.1) is 0 Å². The summed E-state index contributed by atoms with van der Waals surface area (Å²) in [5.74, 6) is 0. The van der Waals surface area contributed by atoms with Crippen LogP contribution in [-0.4, -0.2) is 28.7 Å². The van der Waals surface area contributed by atoms with E-state index in [4.69, 9.17) is 55.9 Å². The molecule has 1 heterocycles. The molecule has 0 aliphatic carbocycles. The standard InChI is InChI=1S/C6H8Cl4O2/c7-5(8)1-2-11-3-4-6(9,10)12-4/h4-5H,1-3H2. The quantitative estimate of drug-likeness (QED) is 0.427. The van der Waals surface area contributed by atoms with E-state index in [-0.39, 0.29) is 10.9 Å². The highest BCUT2D eigenvalue weighted by Gasteiger charge is 2.54. The molecular weight excluding hydrogens is 246 g/mol. The van der Waals surface area contributed by atoms with Gasteiger partial charge in [0.2, 0.25) is 4.52 Å². The van der Waals surface area contributed by atoms with Crippen LogP contribution < -0.4 is 0 Å². The minimum absolute atomic E-state index is 0.218. The summed E-state index contributed by atoms with van der Waals surface area (Å²) in [5, 5.41) is 0. The molecule has 6 heteroatoms. The monoisotopic (exact) mass is 252 g/mol. The van der Waals surface area contributed by atoms with E-state index in [0.717, 1.165) is 0 Å². The van der Waals surface area contributed by atoms with E-state index in [1.54, 1.807) is 0 Å². The summed E-state index contributed by atoms with van der Waals surface area (Å²) in [6.07, 6.45) is 0.373. The van der Waals surface area contributed by atoms with E-state index >= 15 is 0 Å². The lowest BCUT2D eigenvalue weighted by molar-refractivity contribution is 0.116. The highest BCUT2D eigenvalue weighted by molar-refractivity contribution is 6.49. The Morgan fingerprint density at radius 1 is 1.42 bits per heavy atom. The second kappa shape index (κ2) is 4.54. The molecule has 72 valence electrons. The van der Waals surface area contributed by atoms with Gasteiger partial charge in [0.25, 0.3) is 0 Å². The van der Waals surface area contributed by atoms with Gasteiger partial charge in [0.15, 0.2) is 0 Å². The van der Waals surface area contributed by atoms with Crippen LogP contribution in [0.4, 0.5) is 0 Å². The average Bonchev–Trinajstić information content (AvgIpc) is 2.51.